The van der Waals surface area contributed by atoms with Crippen LogP contribution >= 0.6 is 11.6 Å². The van der Waals surface area contributed by atoms with Gasteiger partial charge in [0.2, 0.25) is 0 Å². The molecule has 1 N–H and O–H groups in total. The highest BCUT2D eigenvalue weighted by Gasteiger charge is 2.13. The Bertz CT molecular complexity index is 539. The number of phenolic OH excluding ortho intramolecular Hbond substituents is 1. The first-order valence-corrected chi connectivity index (χ1v) is 5.62. The molecule has 17 heavy (non-hydrogen) atoms. The number of aryl methyl sites for hydroxylation is 1. The Hall–Kier alpha value is -1.55. The minimum atomic E-state index is -0.538. The Labute approximate surface area is 103 Å². The van der Waals surface area contributed by atoms with Gasteiger partial charge < -0.3 is 9.52 Å². The number of phenols is 1. The number of hydrogen-bond donors (Lipinski definition) is 1. The van der Waals surface area contributed by atoms with Crippen LogP contribution in [0.5, 0.6) is 5.75 Å². The Balaban J connectivity index is 2.41. The minimum absolute atomic E-state index is 0.0245. The second kappa shape index (κ2) is 4.75. The van der Waals surface area contributed by atoms with Crippen molar-refractivity contribution in [2.75, 3.05) is 0 Å². The molecule has 0 atom stereocenters. The summed E-state index contributed by atoms with van der Waals surface area (Å²) in [5.41, 5.74) is 0.538. The first-order chi connectivity index (χ1) is 8.11. The Morgan fingerprint density at radius 3 is 2.94 bits per heavy atom. The van der Waals surface area contributed by atoms with E-state index in [-0.39, 0.29) is 16.3 Å². The van der Waals surface area contributed by atoms with Crippen molar-refractivity contribution in [1.29, 1.82) is 0 Å². The fraction of sp³-hybridized carbons (Fsp3) is 0.250. The second-order valence-electron chi connectivity index (χ2n) is 3.66. The zero-order valence-corrected chi connectivity index (χ0v) is 9.96. The Morgan fingerprint density at radius 1 is 1.47 bits per heavy atom. The first-order valence-electron chi connectivity index (χ1n) is 5.24. The average Bonchev–Trinajstić information content (AvgIpc) is 2.72. The van der Waals surface area contributed by atoms with Crippen LogP contribution in [0, 0.1) is 5.82 Å². The predicted molar refractivity (Wildman–Crippen MR) is 62.6 cm³/mol. The molecule has 0 aliphatic rings. The van der Waals surface area contributed by atoms with Gasteiger partial charge in [0, 0.05) is 12.0 Å². The summed E-state index contributed by atoms with van der Waals surface area (Å²) in [6.45, 7) is 2.00. The molecule has 0 aliphatic heterocycles. The minimum Gasteiger partial charge on any atom is -0.506 e. The molecule has 1 aromatic heterocycles. The maximum absolute atomic E-state index is 13.6. The van der Waals surface area contributed by atoms with Crippen LogP contribution in [0.25, 0.3) is 11.3 Å². The fourth-order valence-electron chi connectivity index (χ4n) is 1.50. The maximum Gasteiger partial charge on any atom is 0.194 e. The number of hydrogen-bond acceptors (Lipinski definition) is 3. The van der Waals surface area contributed by atoms with Crippen LogP contribution in [0.15, 0.2) is 22.8 Å². The largest absolute Gasteiger partial charge is 0.506 e. The van der Waals surface area contributed by atoms with Crippen molar-refractivity contribution in [3.8, 4) is 17.0 Å². The van der Waals surface area contributed by atoms with Crippen molar-refractivity contribution in [1.82, 2.24) is 4.98 Å². The quantitative estimate of drug-likeness (QED) is 0.908. The van der Waals surface area contributed by atoms with E-state index in [1.165, 1.54) is 12.3 Å². The molecule has 0 saturated heterocycles. The van der Waals surface area contributed by atoms with Crippen molar-refractivity contribution in [3.63, 3.8) is 0 Å². The summed E-state index contributed by atoms with van der Waals surface area (Å²) in [7, 11) is 0. The molecule has 0 radical (unpaired) electrons. The molecule has 0 spiro atoms. The van der Waals surface area contributed by atoms with Gasteiger partial charge in [-0.25, -0.2) is 9.37 Å². The van der Waals surface area contributed by atoms with Crippen molar-refractivity contribution in [2.24, 2.45) is 0 Å². The SMILES string of the molecule is CCCc1nc(-c2cc(O)c(Cl)cc2F)co1. The molecule has 0 amide bonds. The summed E-state index contributed by atoms with van der Waals surface area (Å²) in [6.07, 6.45) is 2.96. The van der Waals surface area contributed by atoms with E-state index in [2.05, 4.69) is 4.98 Å². The molecular weight excluding hydrogens is 245 g/mol. The molecule has 1 aromatic carbocycles. The van der Waals surface area contributed by atoms with E-state index < -0.39 is 5.82 Å². The number of aromatic hydroxyl groups is 1. The van der Waals surface area contributed by atoms with Crippen molar-refractivity contribution < 1.29 is 13.9 Å². The van der Waals surface area contributed by atoms with Crippen LogP contribution in [0.1, 0.15) is 19.2 Å². The summed E-state index contributed by atoms with van der Waals surface area (Å²) in [4.78, 5) is 4.14. The lowest BCUT2D eigenvalue weighted by Crippen LogP contribution is -1.87. The van der Waals surface area contributed by atoms with Gasteiger partial charge in [-0.1, -0.05) is 18.5 Å². The zero-order chi connectivity index (χ0) is 12.4. The summed E-state index contributed by atoms with van der Waals surface area (Å²) < 4.78 is 18.8. The summed E-state index contributed by atoms with van der Waals surface area (Å²) in [5.74, 6) is -0.163. The monoisotopic (exact) mass is 255 g/mol. The molecule has 0 aliphatic carbocycles. The van der Waals surface area contributed by atoms with Gasteiger partial charge in [0.1, 0.15) is 23.5 Å². The molecule has 5 heteroatoms. The first kappa shape index (κ1) is 11.9. The highest BCUT2D eigenvalue weighted by Crippen LogP contribution is 2.31. The standard InChI is InChI=1S/C12H11ClFNO2/c1-2-3-12-15-10(6-17-12)7-4-11(16)8(13)5-9(7)14/h4-6,16H,2-3H2,1H3. The molecule has 0 fully saturated rings. The number of nitrogens with zero attached hydrogens (tertiary/aromatic N) is 1. The molecule has 2 aromatic rings. The molecular formula is C12H11ClFNO2. The third kappa shape index (κ3) is 2.42. The summed E-state index contributed by atoms with van der Waals surface area (Å²) >= 11 is 5.59. The zero-order valence-electron chi connectivity index (χ0n) is 9.20. The van der Waals surface area contributed by atoms with Gasteiger partial charge >= 0.3 is 0 Å². The molecule has 0 unspecified atom stereocenters. The van der Waals surface area contributed by atoms with Crippen molar-refractivity contribution in [2.45, 2.75) is 19.8 Å². The van der Waals surface area contributed by atoms with Crippen molar-refractivity contribution in [3.05, 3.63) is 35.1 Å². The highest BCUT2D eigenvalue weighted by molar-refractivity contribution is 6.32. The van der Waals surface area contributed by atoms with Crippen LogP contribution < -0.4 is 0 Å². The molecule has 90 valence electrons. The highest BCUT2D eigenvalue weighted by atomic mass is 35.5. The van der Waals surface area contributed by atoms with Crippen LogP contribution in [0.4, 0.5) is 4.39 Å². The third-order valence-electron chi connectivity index (χ3n) is 2.33. The number of oxazole rings is 1. The molecule has 2 rings (SSSR count). The van der Waals surface area contributed by atoms with Gasteiger partial charge in [-0.15, -0.1) is 0 Å². The topological polar surface area (TPSA) is 46.3 Å². The van der Waals surface area contributed by atoms with Gasteiger partial charge in [-0.05, 0) is 18.6 Å². The lowest BCUT2D eigenvalue weighted by Gasteiger charge is -2.01. The lowest BCUT2D eigenvalue weighted by atomic mass is 10.1. The number of benzene rings is 1. The van der Waals surface area contributed by atoms with Crippen LogP contribution in [-0.2, 0) is 6.42 Å². The van der Waals surface area contributed by atoms with Gasteiger partial charge in [-0.2, -0.15) is 0 Å². The Morgan fingerprint density at radius 2 is 2.24 bits per heavy atom. The lowest BCUT2D eigenvalue weighted by molar-refractivity contribution is 0.474. The third-order valence-corrected chi connectivity index (χ3v) is 2.63. The number of aromatic nitrogens is 1. The van der Waals surface area contributed by atoms with E-state index in [0.29, 0.717) is 18.0 Å². The van der Waals surface area contributed by atoms with E-state index in [4.69, 9.17) is 16.0 Å². The number of rotatable bonds is 3. The van der Waals surface area contributed by atoms with E-state index in [1.807, 2.05) is 6.92 Å². The molecule has 3 nitrogen and oxygen atoms in total. The van der Waals surface area contributed by atoms with Gasteiger partial charge in [0.05, 0.1) is 5.02 Å². The average molecular weight is 256 g/mol. The van der Waals surface area contributed by atoms with Gasteiger partial charge in [0.25, 0.3) is 0 Å². The molecule has 0 bridgehead atoms. The van der Waals surface area contributed by atoms with Crippen molar-refractivity contribution >= 4 is 11.6 Å². The fourth-order valence-corrected chi connectivity index (χ4v) is 1.65. The maximum atomic E-state index is 13.6. The van der Waals surface area contributed by atoms with Crippen LogP contribution in [-0.4, -0.2) is 10.1 Å². The van der Waals surface area contributed by atoms with Crippen LogP contribution in [0.2, 0.25) is 5.02 Å². The summed E-state index contributed by atoms with van der Waals surface area (Å²) in [5, 5.41) is 9.41. The Kier molecular flexibility index (Phi) is 3.33. The van der Waals surface area contributed by atoms with Gasteiger partial charge in [0.15, 0.2) is 5.89 Å². The summed E-state index contributed by atoms with van der Waals surface area (Å²) in [6, 6.07) is 2.30. The second-order valence-corrected chi connectivity index (χ2v) is 4.07. The van der Waals surface area contributed by atoms with Crippen LogP contribution in [0.3, 0.4) is 0 Å². The molecule has 0 saturated carbocycles. The predicted octanol–water partition coefficient (Wildman–Crippen LogP) is 3.79. The number of halogens is 2. The van der Waals surface area contributed by atoms with E-state index in [0.717, 1.165) is 12.5 Å². The smallest absolute Gasteiger partial charge is 0.194 e. The van der Waals surface area contributed by atoms with E-state index in [9.17, 15) is 9.50 Å². The van der Waals surface area contributed by atoms with E-state index in [1.54, 1.807) is 0 Å². The van der Waals surface area contributed by atoms with Gasteiger partial charge in [-0.3, -0.25) is 0 Å². The van der Waals surface area contributed by atoms with E-state index >= 15 is 0 Å². The normalized spacial score (nSPS) is 10.8. The molecule has 1 heterocycles.